The number of aromatic nitrogens is 1. The average Bonchev–Trinajstić information content (AvgIpc) is 2.88. The fraction of sp³-hybridized carbons (Fsp3) is 0. The van der Waals surface area contributed by atoms with Crippen molar-refractivity contribution in [2.45, 2.75) is 9.92 Å². The molecule has 2 rings (SSSR count). The van der Waals surface area contributed by atoms with E-state index in [1.54, 1.807) is 12.1 Å². The van der Waals surface area contributed by atoms with Crippen molar-refractivity contribution in [2.75, 3.05) is 0 Å². The molecule has 0 saturated heterocycles. The van der Waals surface area contributed by atoms with Crippen LogP contribution in [0.3, 0.4) is 0 Å². The molecule has 0 aliphatic heterocycles. The van der Waals surface area contributed by atoms with E-state index in [9.17, 15) is 14.7 Å². The average molecular weight is 289 g/mol. The van der Waals surface area contributed by atoms with E-state index in [1.165, 1.54) is 11.8 Å². The first-order chi connectivity index (χ1) is 9.56. The number of carboxylic acid groups (broad SMARTS) is 1. The van der Waals surface area contributed by atoms with Gasteiger partial charge in [0.1, 0.15) is 5.76 Å². The summed E-state index contributed by atoms with van der Waals surface area (Å²) in [4.78, 5) is 25.3. The Morgan fingerprint density at radius 2 is 1.75 bits per heavy atom. The molecule has 3 N–H and O–H groups in total. The Kier molecular flexibility index (Phi) is 4.27. The minimum absolute atomic E-state index is 0.290. The maximum absolute atomic E-state index is 11.0. The maximum Gasteiger partial charge on any atom is 0.376 e. The molecule has 5 nitrogen and oxygen atoms in total. The zero-order valence-electron chi connectivity index (χ0n) is 10.2. The largest absolute Gasteiger partial charge is 0.506 e. The number of carbonyl (C=O) groups is 2. The van der Waals surface area contributed by atoms with Gasteiger partial charge >= 0.3 is 5.97 Å². The van der Waals surface area contributed by atoms with Crippen molar-refractivity contribution in [3.8, 4) is 0 Å². The zero-order chi connectivity index (χ0) is 14.5. The van der Waals surface area contributed by atoms with Crippen LogP contribution in [-0.2, 0) is 9.59 Å². The SMILES string of the molecule is O=C(O)C(=O)C=C(O)c1ccc(Sc2ccccc2)[nH]1. The molecular formula is C14H11NO4S. The Balaban J connectivity index is 2.13. The number of aliphatic carboxylic acids is 1. The molecule has 0 saturated carbocycles. The van der Waals surface area contributed by atoms with Crippen LogP contribution in [0.2, 0.25) is 0 Å². The lowest BCUT2D eigenvalue weighted by Crippen LogP contribution is -2.09. The predicted octanol–water partition coefficient (Wildman–Crippen LogP) is 2.72. The molecule has 20 heavy (non-hydrogen) atoms. The topological polar surface area (TPSA) is 90.4 Å². The van der Waals surface area contributed by atoms with Gasteiger partial charge in [-0.15, -0.1) is 0 Å². The van der Waals surface area contributed by atoms with E-state index in [2.05, 4.69) is 4.98 Å². The Hall–Kier alpha value is -2.47. The molecule has 1 aromatic heterocycles. The minimum atomic E-state index is -1.61. The predicted molar refractivity (Wildman–Crippen MR) is 74.6 cm³/mol. The first-order valence-corrected chi connectivity index (χ1v) is 6.48. The van der Waals surface area contributed by atoms with Crippen molar-refractivity contribution in [1.29, 1.82) is 0 Å². The highest BCUT2D eigenvalue weighted by atomic mass is 32.2. The third kappa shape index (κ3) is 3.52. The van der Waals surface area contributed by atoms with Gasteiger partial charge in [-0.3, -0.25) is 4.79 Å². The van der Waals surface area contributed by atoms with Crippen LogP contribution in [0.15, 0.2) is 58.5 Å². The molecule has 2 aromatic rings. The molecule has 0 fully saturated rings. The molecule has 0 spiro atoms. The van der Waals surface area contributed by atoms with Crippen LogP contribution in [0.1, 0.15) is 5.69 Å². The van der Waals surface area contributed by atoms with Crippen LogP contribution >= 0.6 is 11.8 Å². The standard InChI is InChI=1S/C14H11NO4S/c16-11(8-12(17)14(18)19)10-6-7-13(15-10)20-9-4-2-1-3-5-9/h1-8,15-16H,(H,18,19). The molecule has 0 atom stereocenters. The smallest absolute Gasteiger partial charge is 0.376 e. The molecule has 0 aliphatic carbocycles. The first-order valence-electron chi connectivity index (χ1n) is 5.66. The zero-order valence-corrected chi connectivity index (χ0v) is 11.1. The Labute approximate surface area is 119 Å². The minimum Gasteiger partial charge on any atom is -0.506 e. The highest BCUT2D eigenvalue weighted by molar-refractivity contribution is 7.99. The second-order valence-corrected chi connectivity index (χ2v) is 4.97. The number of nitrogens with one attached hydrogen (secondary N) is 1. The number of aliphatic hydroxyl groups excluding tert-OH is 1. The highest BCUT2D eigenvalue weighted by Crippen LogP contribution is 2.27. The second kappa shape index (κ2) is 6.12. The number of benzene rings is 1. The fourth-order valence-electron chi connectivity index (χ4n) is 1.46. The van der Waals surface area contributed by atoms with Crippen molar-refractivity contribution >= 4 is 29.3 Å². The second-order valence-electron chi connectivity index (χ2n) is 3.85. The van der Waals surface area contributed by atoms with Crippen molar-refractivity contribution in [2.24, 2.45) is 0 Å². The summed E-state index contributed by atoms with van der Waals surface area (Å²) in [5.74, 6) is -3.19. The third-order valence-corrected chi connectivity index (χ3v) is 3.35. The summed E-state index contributed by atoms with van der Waals surface area (Å²) in [5, 5.41) is 18.9. The van der Waals surface area contributed by atoms with Gasteiger partial charge in [-0.25, -0.2) is 4.79 Å². The highest BCUT2D eigenvalue weighted by Gasteiger charge is 2.11. The van der Waals surface area contributed by atoms with E-state index < -0.39 is 17.5 Å². The molecule has 102 valence electrons. The fourth-order valence-corrected chi connectivity index (χ4v) is 2.31. The van der Waals surface area contributed by atoms with Gasteiger partial charge in [-0.1, -0.05) is 30.0 Å². The van der Waals surface area contributed by atoms with Gasteiger partial charge in [0.05, 0.1) is 10.7 Å². The van der Waals surface area contributed by atoms with E-state index >= 15 is 0 Å². The monoisotopic (exact) mass is 289 g/mol. The van der Waals surface area contributed by atoms with E-state index in [1.807, 2.05) is 30.3 Å². The van der Waals surface area contributed by atoms with Gasteiger partial charge in [-0.05, 0) is 24.3 Å². The van der Waals surface area contributed by atoms with Crippen LogP contribution in [0, 0.1) is 0 Å². The van der Waals surface area contributed by atoms with Gasteiger partial charge < -0.3 is 15.2 Å². The van der Waals surface area contributed by atoms with Crippen LogP contribution in [0.5, 0.6) is 0 Å². The molecule has 0 unspecified atom stereocenters. The van der Waals surface area contributed by atoms with Gasteiger partial charge in [0.25, 0.3) is 5.78 Å². The van der Waals surface area contributed by atoms with Crippen molar-refractivity contribution in [3.63, 3.8) is 0 Å². The number of hydrogen-bond donors (Lipinski definition) is 3. The summed E-state index contributed by atoms with van der Waals surface area (Å²) >= 11 is 1.46. The normalized spacial score (nSPS) is 11.3. The molecule has 0 amide bonds. The van der Waals surface area contributed by atoms with E-state index in [-0.39, 0.29) is 5.69 Å². The van der Waals surface area contributed by atoms with E-state index in [4.69, 9.17) is 5.11 Å². The van der Waals surface area contributed by atoms with Gasteiger partial charge in [0, 0.05) is 11.0 Å². The van der Waals surface area contributed by atoms with Crippen LogP contribution in [-0.4, -0.2) is 26.9 Å². The lowest BCUT2D eigenvalue weighted by molar-refractivity contribution is -0.146. The van der Waals surface area contributed by atoms with Crippen LogP contribution < -0.4 is 0 Å². The molecular weight excluding hydrogens is 278 g/mol. The summed E-state index contributed by atoms with van der Waals surface area (Å²) in [7, 11) is 0. The summed E-state index contributed by atoms with van der Waals surface area (Å²) in [6.07, 6.45) is 0.672. The molecule has 0 bridgehead atoms. The number of carbonyl (C=O) groups excluding carboxylic acids is 1. The summed E-state index contributed by atoms with van der Waals surface area (Å²) < 4.78 is 0. The van der Waals surface area contributed by atoms with Crippen molar-refractivity contribution < 1.29 is 19.8 Å². The number of carboxylic acids is 1. The molecule has 0 radical (unpaired) electrons. The first kappa shape index (κ1) is 14.0. The van der Waals surface area contributed by atoms with E-state index in [0.29, 0.717) is 6.08 Å². The summed E-state index contributed by atoms with van der Waals surface area (Å²) in [5.41, 5.74) is 0.290. The summed E-state index contributed by atoms with van der Waals surface area (Å²) in [6.45, 7) is 0. The third-order valence-electron chi connectivity index (χ3n) is 2.38. The van der Waals surface area contributed by atoms with Gasteiger partial charge in [0.15, 0.2) is 0 Å². The number of H-pyrrole nitrogens is 1. The van der Waals surface area contributed by atoms with Crippen molar-refractivity contribution in [3.05, 3.63) is 54.2 Å². The van der Waals surface area contributed by atoms with Crippen LogP contribution in [0.25, 0.3) is 5.76 Å². The van der Waals surface area contributed by atoms with Crippen molar-refractivity contribution in [1.82, 2.24) is 4.98 Å². The molecule has 0 aliphatic rings. The van der Waals surface area contributed by atoms with E-state index in [0.717, 1.165) is 9.92 Å². The lowest BCUT2D eigenvalue weighted by atomic mass is 10.3. The Morgan fingerprint density at radius 1 is 1.05 bits per heavy atom. The molecule has 6 heteroatoms. The summed E-state index contributed by atoms with van der Waals surface area (Å²) in [6, 6.07) is 12.9. The number of aliphatic hydroxyl groups is 1. The number of ketones is 1. The van der Waals surface area contributed by atoms with Gasteiger partial charge in [0.2, 0.25) is 0 Å². The molecule has 1 aromatic carbocycles. The Morgan fingerprint density at radius 3 is 2.40 bits per heavy atom. The van der Waals surface area contributed by atoms with Gasteiger partial charge in [-0.2, -0.15) is 0 Å². The number of aromatic amines is 1. The van der Waals surface area contributed by atoms with Crippen LogP contribution in [0.4, 0.5) is 0 Å². The number of rotatable bonds is 5. The lowest BCUT2D eigenvalue weighted by Gasteiger charge is -1.98. The quantitative estimate of drug-likeness (QED) is 0.447. The number of hydrogen-bond acceptors (Lipinski definition) is 4. The Bertz CT molecular complexity index is 661. The maximum atomic E-state index is 11.0. The molecule has 1 heterocycles.